The van der Waals surface area contributed by atoms with Gasteiger partial charge in [-0.05, 0) is 48.2 Å². The Labute approximate surface area is 121 Å². The molecular formula is C18H23NO. The third kappa shape index (κ3) is 2.87. The molecule has 2 nitrogen and oxygen atoms in total. The Morgan fingerprint density at radius 3 is 2.80 bits per heavy atom. The van der Waals surface area contributed by atoms with Gasteiger partial charge in [-0.1, -0.05) is 43.3 Å². The molecule has 0 radical (unpaired) electrons. The van der Waals surface area contributed by atoms with E-state index in [4.69, 9.17) is 4.74 Å². The van der Waals surface area contributed by atoms with Crippen molar-refractivity contribution in [3.63, 3.8) is 0 Å². The largest absolute Gasteiger partial charge is 0.376 e. The minimum Gasteiger partial charge on any atom is -0.376 e. The molecule has 2 atom stereocenters. The van der Waals surface area contributed by atoms with E-state index in [2.05, 4.69) is 54.7 Å². The normalized spacial score (nSPS) is 20.4. The van der Waals surface area contributed by atoms with Crippen molar-refractivity contribution < 1.29 is 4.74 Å². The molecule has 1 N–H and O–H groups in total. The maximum atomic E-state index is 5.92. The third-order valence-electron chi connectivity index (χ3n) is 4.08. The summed E-state index contributed by atoms with van der Waals surface area (Å²) < 4.78 is 5.92. The topological polar surface area (TPSA) is 21.3 Å². The van der Waals surface area contributed by atoms with Crippen LogP contribution in [0.4, 0.5) is 0 Å². The van der Waals surface area contributed by atoms with Gasteiger partial charge in [-0.15, -0.1) is 0 Å². The lowest BCUT2D eigenvalue weighted by Crippen LogP contribution is -2.32. The standard InChI is InChI=1S/C18H23NO/c1-2-11-19-18(17-8-5-12-20-17)16-10-9-14-6-3-4-7-15(14)13-16/h3-4,6-7,9-10,13,17-19H,2,5,8,11-12H2,1H3. The van der Waals surface area contributed by atoms with Gasteiger partial charge in [0, 0.05) is 6.61 Å². The van der Waals surface area contributed by atoms with Gasteiger partial charge in [-0.25, -0.2) is 0 Å². The lowest BCUT2D eigenvalue weighted by atomic mass is 9.96. The Morgan fingerprint density at radius 1 is 1.20 bits per heavy atom. The van der Waals surface area contributed by atoms with Gasteiger partial charge in [0.25, 0.3) is 0 Å². The van der Waals surface area contributed by atoms with Crippen molar-refractivity contribution in [2.24, 2.45) is 0 Å². The second-order valence-electron chi connectivity index (χ2n) is 5.59. The number of nitrogens with one attached hydrogen (secondary N) is 1. The van der Waals surface area contributed by atoms with E-state index in [0.717, 1.165) is 26.0 Å². The van der Waals surface area contributed by atoms with Gasteiger partial charge in [0.1, 0.15) is 0 Å². The van der Waals surface area contributed by atoms with E-state index < -0.39 is 0 Å². The number of rotatable bonds is 5. The van der Waals surface area contributed by atoms with E-state index >= 15 is 0 Å². The molecule has 1 saturated heterocycles. The van der Waals surface area contributed by atoms with Crippen LogP contribution < -0.4 is 5.32 Å². The number of fused-ring (bicyclic) bond motifs is 1. The fourth-order valence-corrected chi connectivity index (χ4v) is 3.03. The van der Waals surface area contributed by atoms with Gasteiger partial charge in [-0.2, -0.15) is 0 Å². The van der Waals surface area contributed by atoms with E-state index in [1.165, 1.54) is 22.8 Å². The van der Waals surface area contributed by atoms with Gasteiger partial charge < -0.3 is 10.1 Å². The molecule has 1 fully saturated rings. The van der Waals surface area contributed by atoms with Crippen LogP contribution in [0.5, 0.6) is 0 Å². The summed E-state index contributed by atoms with van der Waals surface area (Å²) in [7, 11) is 0. The van der Waals surface area contributed by atoms with Crippen molar-refractivity contribution in [3.05, 3.63) is 48.0 Å². The van der Waals surface area contributed by atoms with E-state index in [1.54, 1.807) is 0 Å². The molecule has 2 heteroatoms. The summed E-state index contributed by atoms with van der Waals surface area (Å²) in [6.07, 6.45) is 3.82. The first kappa shape index (κ1) is 13.6. The average molecular weight is 269 g/mol. The molecule has 0 saturated carbocycles. The number of ether oxygens (including phenoxy) is 1. The molecule has 106 valence electrons. The minimum atomic E-state index is 0.321. The fourth-order valence-electron chi connectivity index (χ4n) is 3.03. The van der Waals surface area contributed by atoms with Crippen LogP contribution in [0.2, 0.25) is 0 Å². The third-order valence-corrected chi connectivity index (χ3v) is 4.08. The van der Waals surface area contributed by atoms with Gasteiger partial charge >= 0.3 is 0 Å². The first-order valence-corrected chi connectivity index (χ1v) is 7.72. The molecule has 0 bridgehead atoms. The zero-order chi connectivity index (χ0) is 13.8. The van der Waals surface area contributed by atoms with Gasteiger partial charge in [0.05, 0.1) is 12.1 Å². The van der Waals surface area contributed by atoms with E-state index in [0.29, 0.717) is 12.1 Å². The quantitative estimate of drug-likeness (QED) is 0.884. The van der Waals surface area contributed by atoms with Crippen LogP contribution in [0.25, 0.3) is 10.8 Å². The van der Waals surface area contributed by atoms with Crippen molar-refractivity contribution in [2.75, 3.05) is 13.2 Å². The van der Waals surface area contributed by atoms with Crippen LogP contribution in [-0.2, 0) is 4.74 Å². The smallest absolute Gasteiger partial charge is 0.0770 e. The zero-order valence-electron chi connectivity index (χ0n) is 12.1. The van der Waals surface area contributed by atoms with Crippen LogP contribution in [0, 0.1) is 0 Å². The molecule has 0 spiro atoms. The molecule has 2 unspecified atom stereocenters. The van der Waals surface area contributed by atoms with Crippen molar-refractivity contribution in [3.8, 4) is 0 Å². The van der Waals surface area contributed by atoms with E-state index in [-0.39, 0.29) is 0 Å². The Balaban J connectivity index is 1.90. The first-order valence-electron chi connectivity index (χ1n) is 7.72. The molecule has 1 heterocycles. The Kier molecular flexibility index (Phi) is 4.34. The fraction of sp³-hybridized carbons (Fsp3) is 0.444. The van der Waals surface area contributed by atoms with Gasteiger partial charge in [0.2, 0.25) is 0 Å². The number of benzene rings is 2. The Morgan fingerprint density at radius 2 is 2.05 bits per heavy atom. The average Bonchev–Trinajstić information content (AvgIpc) is 3.02. The minimum absolute atomic E-state index is 0.321. The maximum absolute atomic E-state index is 5.92. The lowest BCUT2D eigenvalue weighted by Gasteiger charge is -2.25. The second kappa shape index (κ2) is 6.38. The molecule has 1 aliphatic rings. The molecule has 0 aliphatic carbocycles. The summed E-state index contributed by atoms with van der Waals surface area (Å²) in [4.78, 5) is 0. The summed E-state index contributed by atoms with van der Waals surface area (Å²) >= 11 is 0. The highest BCUT2D eigenvalue weighted by atomic mass is 16.5. The predicted octanol–water partition coefficient (Wildman–Crippen LogP) is 4.06. The van der Waals surface area contributed by atoms with Crippen LogP contribution >= 0.6 is 0 Å². The van der Waals surface area contributed by atoms with Crippen LogP contribution in [-0.4, -0.2) is 19.3 Å². The van der Waals surface area contributed by atoms with Gasteiger partial charge in [0.15, 0.2) is 0 Å². The molecular weight excluding hydrogens is 246 g/mol. The summed E-state index contributed by atoms with van der Waals surface area (Å²) in [6.45, 7) is 4.15. The van der Waals surface area contributed by atoms with Crippen LogP contribution in [0.1, 0.15) is 37.8 Å². The van der Waals surface area contributed by atoms with Crippen molar-refractivity contribution in [1.29, 1.82) is 0 Å². The van der Waals surface area contributed by atoms with Crippen molar-refractivity contribution in [1.82, 2.24) is 5.32 Å². The highest BCUT2D eigenvalue weighted by Crippen LogP contribution is 2.29. The van der Waals surface area contributed by atoms with Crippen molar-refractivity contribution in [2.45, 2.75) is 38.3 Å². The number of hydrogen-bond donors (Lipinski definition) is 1. The number of hydrogen-bond acceptors (Lipinski definition) is 2. The first-order chi connectivity index (χ1) is 9.88. The maximum Gasteiger partial charge on any atom is 0.0770 e. The Bertz CT molecular complexity index is 560. The summed E-state index contributed by atoms with van der Waals surface area (Å²) in [6, 6.07) is 15.6. The molecule has 2 aromatic carbocycles. The summed E-state index contributed by atoms with van der Waals surface area (Å²) in [5.74, 6) is 0. The molecule has 3 rings (SSSR count). The SMILES string of the molecule is CCCNC(c1ccc2ccccc2c1)C1CCCO1. The summed E-state index contributed by atoms with van der Waals surface area (Å²) in [5, 5.41) is 6.28. The molecule has 20 heavy (non-hydrogen) atoms. The molecule has 0 amide bonds. The lowest BCUT2D eigenvalue weighted by molar-refractivity contribution is 0.0783. The second-order valence-corrected chi connectivity index (χ2v) is 5.59. The molecule has 1 aliphatic heterocycles. The summed E-state index contributed by atoms with van der Waals surface area (Å²) in [5.41, 5.74) is 1.35. The van der Waals surface area contributed by atoms with Crippen molar-refractivity contribution >= 4 is 10.8 Å². The van der Waals surface area contributed by atoms with Crippen LogP contribution in [0.15, 0.2) is 42.5 Å². The van der Waals surface area contributed by atoms with Gasteiger partial charge in [-0.3, -0.25) is 0 Å². The van der Waals surface area contributed by atoms with E-state index in [1.807, 2.05) is 0 Å². The highest BCUT2D eigenvalue weighted by molar-refractivity contribution is 5.83. The zero-order valence-corrected chi connectivity index (χ0v) is 12.1. The van der Waals surface area contributed by atoms with Crippen LogP contribution in [0.3, 0.4) is 0 Å². The highest BCUT2D eigenvalue weighted by Gasteiger charge is 2.26. The monoisotopic (exact) mass is 269 g/mol. The predicted molar refractivity (Wildman–Crippen MR) is 84.0 cm³/mol. The van der Waals surface area contributed by atoms with E-state index in [9.17, 15) is 0 Å². The Hall–Kier alpha value is -1.38. The molecule has 0 aromatic heterocycles. The molecule has 2 aromatic rings.